The van der Waals surface area contributed by atoms with E-state index < -0.39 is 36.5 Å². The fraction of sp³-hybridized carbons (Fsp3) is 0.364. The molecule has 0 bridgehead atoms. The molecular weight excluding hydrogens is 259 g/mol. The second-order valence-electron chi connectivity index (χ2n) is 3.66. The lowest BCUT2D eigenvalue weighted by atomic mass is 9.94. The maximum Gasteiger partial charge on any atom is 0.416 e. The molecule has 2 nitrogen and oxygen atoms in total. The number of carboxylic acid groups (broad SMARTS) is 1. The number of alkyl halides is 5. The highest BCUT2D eigenvalue weighted by Crippen LogP contribution is 2.33. The Morgan fingerprint density at radius 3 is 2.33 bits per heavy atom. The van der Waals surface area contributed by atoms with Gasteiger partial charge in [0, 0.05) is 0 Å². The maximum atomic E-state index is 12.6. The lowest BCUT2D eigenvalue weighted by Crippen LogP contribution is -2.15. The number of benzene rings is 1. The first-order chi connectivity index (χ1) is 8.21. The van der Waals surface area contributed by atoms with Crippen LogP contribution in [0.25, 0.3) is 0 Å². The minimum atomic E-state index is -4.65. The van der Waals surface area contributed by atoms with Crippen LogP contribution in [0.15, 0.2) is 24.3 Å². The first kappa shape index (κ1) is 14.4. The fourth-order valence-corrected chi connectivity index (χ4v) is 1.49. The van der Waals surface area contributed by atoms with Crippen molar-refractivity contribution < 1.29 is 31.9 Å². The van der Waals surface area contributed by atoms with Crippen molar-refractivity contribution in [1.82, 2.24) is 0 Å². The van der Waals surface area contributed by atoms with Gasteiger partial charge in [0.15, 0.2) is 0 Å². The van der Waals surface area contributed by atoms with Crippen LogP contribution < -0.4 is 0 Å². The fourth-order valence-electron chi connectivity index (χ4n) is 1.49. The molecule has 1 aromatic rings. The third kappa shape index (κ3) is 3.68. The Balaban J connectivity index is 3.09. The third-order valence-electron chi connectivity index (χ3n) is 2.34. The smallest absolute Gasteiger partial charge is 0.416 e. The van der Waals surface area contributed by atoms with Crippen LogP contribution in [-0.4, -0.2) is 17.5 Å². The molecule has 0 saturated carbocycles. The van der Waals surface area contributed by atoms with E-state index in [-0.39, 0.29) is 5.56 Å². The summed E-state index contributed by atoms with van der Waals surface area (Å²) in [4.78, 5) is 10.4. The Morgan fingerprint density at radius 2 is 1.89 bits per heavy atom. The monoisotopic (exact) mass is 268 g/mol. The average molecular weight is 268 g/mol. The predicted octanol–water partition coefficient (Wildman–Crippen LogP) is 3.53. The molecule has 0 heterocycles. The SMILES string of the molecule is O=C(O)CC(c1cccc(C(F)(F)F)c1)C(F)F. The van der Waals surface area contributed by atoms with Crippen molar-refractivity contribution in [2.45, 2.75) is 24.9 Å². The van der Waals surface area contributed by atoms with Gasteiger partial charge in [-0.2, -0.15) is 13.2 Å². The number of carboxylic acids is 1. The van der Waals surface area contributed by atoms with Crippen molar-refractivity contribution in [1.29, 1.82) is 0 Å². The zero-order valence-electron chi connectivity index (χ0n) is 8.92. The van der Waals surface area contributed by atoms with E-state index in [1.165, 1.54) is 0 Å². The predicted molar refractivity (Wildman–Crippen MR) is 52.4 cm³/mol. The molecule has 0 aliphatic heterocycles. The van der Waals surface area contributed by atoms with Crippen LogP contribution in [0.1, 0.15) is 23.5 Å². The summed E-state index contributed by atoms with van der Waals surface area (Å²) in [6.45, 7) is 0. The molecule has 1 atom stereocenters. The number of rotatable bonds is 4. The molecular formula is C11H9F5O2. The average Bonchev–Trinajstić information content (AvgIpc) is 2.24. The van der Waals surface area contributed by atoms with Crippen LogP contribution in [0.3, 0.4) is 0 Å². The maximum absolute atomic E-state index is 12.6. The van der Waals surface area contributed by atoms with Crippen molar-refractivity contribution in [3.05, 3.63) is 35.4 Å². The van der Waals surface area contributed by atoms with E-state index in [2.05, 4.69) is 0 Å². The Hall–Kier alpha value is -1.66. The molecule has 18 heavy (non-hydrogen) atoms. The lowest BCUT2D eigenvalue weighted by Gasteiger charge is -2.16. The summed E-state index contributed by atoms with van der Waals surface area (Å²) in [6, 6.07) is 3.34. The zero-order valence-corrected chi connectivity index (χ0v) is 8.92. The van der Waals surface area contributed by atoms with Crippen molar-refractivity contribution >= 4 is 5.97 Å². The second-order valence-corrected chi connectivity index (χ2v) is 3.66. The van der Waals surface area contributed by atoms with Gasteiger partial charge in [0.25, 0.3) is 0 Å². The van der Waals surface area contributed by atoms with Gasteiger partial charge in [-0.05, 0) is 11.6 Å². The number of carbonyl (C=O) groups is 1. The van der Waals surface area contributed by atoms with Crippen molar-refractivity contribution in [3.8, 4) is 0 Å². The first-order valence-corrected chi connectivity index (χ1v) is 4.89. The van der Waals surface area contributed by atoms with Crippen molar-refractivity contribution in [2.24, 2.45) is 0 Å². The van der Waals surface area contributed by atoms with E-state index in [0.717, 1.165) is 18.2 Å². The molecule has 0 fully saturated rings. The summed E-state index contributed by atoms with van der Waals surface area (Å²) in [5.41, 5.74) is -1.40. The molecule has 0 aromatic heterocycles. The normalized spacial score (nSPS) is 13.7. The van der Waals surface area contributed by atoms with Crippen LogP contribution in [0, 0.1) is 0 Å². The Bertz CT molecular complexity index is 428. The summed E-state index contributed by atoms with van der Waals surface area (Å²) in [7, 11) is 0. The molecule has 0 spiro atoms. The van der Waals surface area contributed by atoms with E-state index >= 15 is 0 Å². The Kier molecular flexibility index (Phi) is 4.26. The quantitative estimate of drug-likeness (QED) is 0.848. The van der Waals surface area contributed by atoms with Gasteiger partial charge in [-0.25, -0.2) is 8.78 Å². The van der Waals surface area contributed by atoms with Gasteiger partial charge >= 0.3 is 12.1 Å². The summed E-state index contributed by atoms with van der Waals surface area (Å²) >= 11 is 0. The van der Waals surface area contributed by atoms with Gasteiger partial charge in [0.2, 0.25) is 6.43 Å². The van der Waals surface area contributed by atoms with Gasteiger partial charge in [0.05, 0.1) is 17.9 Å². The van der Waals surface area contributed by atoms with Gasteiger partial charge < -0.3 is 5.11 Å². The number of aliphatic carboxylic acids is 1. The van der Waals surface area contributed by atoms with E-state index in [9.17, 15) is 26.7 Å². The van der Waals surface area contributed by atoms with Gasteiger partial charge in [-0.15, -0.1) is 0 Å². The van der Waals surface area contributed by atoms with Gasteiger partial charge in [-0.3, -0.25) is 4.79 Å². The van der Waals surface area contributed by atoms with Crippen LogP contribution in [-0.2, 0) is 11.0 Å². The molecule has 0 aliphatic carbocycles. The topological polar surface area (TPSA) is 37.3 Å². The molecule has 1 N–H and O–H groups in total. The molecule has 100 valence electrons. The highest BCUT2D eigenvalue weighted by molar-refractivity contribution is 5.68. The van der Waals surface area contributed by atoms with Gasteiger partial charge in [-0.1, -0.05) is 18.2 Å². The van der Waals surface area contributed by atoms with Crippen LogP contribution >= 0.6 is 0 Å². The van der Waals surface area contributed by atoms with Gasteiger partial charge in [0.1, 0.15) is 0 Å². The van der Waals surface area contributed by atoms with Crippen molar-refractivity contribution in [2.75, 3.05) is 0 Å². The number of hydrogen-bond donors (Lipinski definition) is 1. The van der Waals surface area contributed by atoms with E-state index in [1.54, 1.807) is 0 Å². The minimum Gasteiger partial charge on any atom is -0.481 e. The molecule has 1 unspecified atom stereocenters. The first-order valence-electron chi connectivity index (χ1n) is 4.89. The van der Waals surface area contributed by atoms with Crippen molar-refractivity contribution in [3.63, 3.8) is 0 Å². The lowest BCUT2D eigenvalue weighted by molar-refractivity contribution is -0.138. The molecule has 0 saturated heterocycles. The molecule has 0 aliphatic rings. The van der Waals surface area contributed by atoms with Crippen LogP contribution in [0.5, 0.6) is 0 Å². The van der Waals surface area contributed by atoms with Crippen LogP contribution in [0.4, 0.5) is 22.0 Å². The molecule has 1 rings (SSSR count). The van der Waals surface area contributed by atoms with E-state index in [1.807, 2.05) is 0 Å². The Morgan fingerprint density at radius 1 is 1.28 bits per heavy atom. The largest absolute Gasteiger partial charge is 0.481 e. The third-order valence-corrected chi connectivity index (χ3v) is 2.34. The minimum absolute atomic E-state index is 0.331. The number of halogens is 5. The summed E-state index contributed by atoms with van der Waals surface area (Å²) in [5, 5.41) is 8.47. The van der Waals surface area contributed by atoms with Crippen LogP contribution in [0.2, 0.25) is 0 Å². The molecule has 0 amide bonds. The number of hydrogen-bond acceptors (Lipinski definition) is 1. The zero-order chi connectivity index (χ0) is 13.9. The summed E-state index contributed by atoms with van der Waals surface area (Å²) < 4.78 is 62.4. The summed E-state index contributed by atoms with van der Waals surface area (Å²) in [6.07, 6.45) is -8.60. The second kappa shape index (κ2) is 5.32. The molecule has 7 heteroatoms. The Labute approximate surface area is 99.0 Å². The summed E-state index contributed by atoms with van der Waals surface area (Å²) in [5.74, 6) is -3.23. The van der Waals surface area contributed by atoms with E-state index in [0.29, 0.717) is 6.07 Å². The molecule has 1 aromatic carbocycles. The molecule has 0 radical (unpaired) electrons. The standard InChI is InChI=1S/C11H9F5O2/c12-10(13)8(5-9(17)18)6-2-1-3-7(4-6)11(14,15)16/h1-4,8,10H,5H2,(H,17,18). The highest BCUT2D eigenvalue weighted by atomic mass is 19.4. The highest BCUT2D eigenvalue weighted by Gasteiger charge is 2.32. The van der Waals surface area contributed by atoms with E-state index in [4.69, 9.17) is 5.11 Å².